The zero-order valence-corrected chi connectivity index (χ0v) is 18.6. The van der Waals surface area contributed by atoms with Crippen LogP contribution in [0, 0.1) is 5.82 Å². The summed E-state index contributed by atoms with van der Waals surface area (Å²) < 4.78 is 45.9. The molecule has 0 amide bonds. The Morgan fingerprint density at radius 1 is 1.35 bits per heavy atom. The van der Waals surface area contributed by atoms with Gasteiger partial charge in [0.2, 0.25) is 0 Å². The molecule has 0 aliphatic heterocycles. The molecule has 1 unspecified atom stereocenters. The molecule has 1 aromatic carbocycles. The smallest absolute Gasteiger partial charge is 0.191 e. The number of guanidine groups is 1. The summed E-state index contributed by atoms with van der Waals surface area (Å²) in [5.41, 5.74) is 0.755. The van der Waals surface area contributed by atoms with Crippen molar-refractivity contribution in [2.75, 3.05) is 45.9 Å². The summed E-state index contributed by atoms with van der Waals surface area (Å²) in [6.45, 7) is 2.86. The van der Waals surface area contributed by atoms with Crippen molar-refractivity contribution >= 4 is 39.8 Å². The van der Waals surface area contributed by atoms with Gasteiger partial charge in [0.15, 0.2) is 17.5 Å². The second-order valence-corrected chi connectivity index (χ2v) is 7.76. The maximum Gasteiger partial charge on any atom is 0.191 e. The Morgan fingerprint density at radius 2 is 2.04 bits per heavy atom. The number of methoxy groups -OCH3 is 1. The van der Waals surface area contributed by atoms with Crippen molar-refractivity contribution < 1.29 is 22.3 Å². The van der Waals surface area contributed by atoms with E-state index >= 15 is 0 Å². The molecular weight excluding hydrogens is 476 g/mol. The molecule has 0 aliphatic carbocycles. The van der Waals surface area contributed by atoms with E-state index in [-0.39, 0.29) is 48.1 Å². The summed E-state index contributed by atoms with van der Waals surface area (Å²) in [4.78, 5) is 4.09. The third kappa shape index (κ3) is 9.53. The zero-order chi connectivity index (χ0) is 18.9. The topological polar surface area (TPSA) is 89.0 Å². The lowest BCUT2D eigenvalue weighted by Crippen LogP contribution is -2.40. The maximum absolute atomic E-state index is 13.8. The van der Waals surface area contributed by atoms with Crippen molar-refractivity contribution in [3.8, 4) is 5.75 Å². The molecule has 0 spiro atoms. The monoisotopic (exact) mass is 503 g/mol. The highest BCUT2D eigenvalue weighted by Gasteiger charge is 2.11. The first-order valence-corrected chi connectivity index (χ1v) is 9.89. The minimum absolute atomic E-state index is 0. The first kappa shape index (κ1) is 24.9. The van der Waals surface area contributed by atoms with Crippen LogP contribution in [0.3, 0.4) is 0 Å². The molecule has 0 aromatic heterocycles. The fourth-order valence-corrected chi connectivity index (χ4v) is 2.41. The Kier molecular flexibility index (Phi) is 11.7. The number of rotatable bonds is 9. The highest BCUT2D eigenvalue weighted by Crippen LogP contribution is 2.21. The summed E-state index contributed by atoms with van der Waals surface area (Å²) in [5.74, 6) is 0.316. The largest absolute Gasteiger partial charge is 0.494 e. The summed E-state index contributed by atoms with van der Waals surface area (Å²) in [5, 5.41) is 6.19. The predicted octanol–water partition coefficient (Wildman–Crippen LogP) is 1.74. The molecule has 0 saturated heterocycles. The van der Waals surface area contributed by atoms with Crippen LogP contribution >= 0.6 is 24.0 Å². The highest BCUT2D eigenvalue weighted by atomic mass is 127. The lowest BCUT2D eigenvalue weighted by Gasteiger charge is -2.18. The van der Waals surface area contributed by atoms with Gasteiger partial charge in [0.25, 0.3) is 0 Å². The van der Waals surface area contributed by atoms with Gasteiger partial charge in [0, 0.05) is 19.8 Å². The molecule has 0 radical (unpaired) electrons. The van der Waals surface area contributed by atoms with Gasteiger partial charge in [-0.05, 0) is 24.6 Å². The van der Waals surface area contributed by atoms with Crippen LogP contribution in [0.5, 0.6) is 5.75 Å². The van der Waals surface area contributed by atoms with Crippen LogP contribution in [0.25, 0.3) is 0 Å². The number of hydrogen-bond acceptors (Lipinski definition) is 5. The first-order valence-electron chi connectivity index (χ1n) is 7.83. The molecule has 1 atom stereocenters. The van der Waals surface area contributed by atoms with Gasteiger partial charge >= 0.3 is 0 Å². The molecule has 2 N–H and O–H groups in total. The normalized spacial score (nSPS) is 12.9. The van der Waals surface area contributed by atoms with Gasteiger partial charge in [-0.3, -0.25) is 4.99 Å². The van der Waals surface area contributed by atoms with Crippen molar-refractivity contribution in [2.24, 2.45) is 4.99 Å². The Balaban J connectivity index is 0.00000625. The van der Waals surface area contributed by atoms with Crippen LogP contribution < -0.4 is 15.4 Å². The molecule has 0 aliphatic rings. The summed E-state index contributed by atoms with van der Waals surface area (Å²) in [6.07, 6.45) is 1.17. The van der Waals surface area contributed by atoms with Crippen molar-refractivity contribution in [3.05, 3.63) is 29.6 Å². The quantitative estimate of drug-likeness (QED) is 0.231. The number of sulfone groups is 1. The van der Waals surface area contributed by atoms with E-state index in [0.29, 0.717) is 19.1 Å². The van der Waals surface area contributed by atoms with Crippen LogP contribution in [0.1, 0.15) is 18.5 Å². The number of nitrogens with zero attached hydrogens (tertiary/aromatic N) is 1. The molecule has 0 fully saturated rings. The lowest BCUT2D eigenvalue weighted by molar-refractivity contribution is 0.154. The van der Waals surface area contributed by atoms with Crippen LogP contribution in [-0.4, -0.2) is 60.3 Å². The number of nitrogens with one attached hydrogen (secondary N) is 2. The number of benzene rings is 1. The van der Waals surface area contributed by atoms with E-state index < -0.39 is 15.7 Å². The highest BCUT2D eigenvalue weighted by molar-refractivity contribution is 14.0. The molecule has 0 bridgehead atoms. The average molecular weight is 503 g/mol. The van der Waals surface area contributed by atoms with Gasteiger partial charge in [-0.15, -0.1) is 24.0 Å². The van der Waals surface area contributed by atoms with Gasteiger partial charge in [-0.1, -0.05) is 6.07 Å². The molecular formula is C16H27FIN3O4S. The van der Waals surface area contributed by atoms with Gasteiger partial charge in [-0.25, -0.2) is 12.8 Å². The number of halogens is 2. The molecule has 150 valence electrons. The zero-order valence-electron chi connectivity index (χ0n) is 15.4. The van der Waals surface area contributed by atoms with E-state index in [4.69, 9.17) is 9.47 Å². The van der Waals surface area contributed by atoms with Gasteiger partial charge in [-0.2, -0.15) is 0 Å². The third-order valence-electron chi connectivity index (χ3n) is 3.39. The van der Waals surface area contributed by atoms with Crippen molar-refractivity contribution in [2.45, 2.75) is 13.0 Å². The number of aliphatic imine (C=N–C) groups is 1. The molecule has 0 heterocycles. The molecule has 0 saturated carbocycles. The summed E-state index contributed by atoms with van der Waals surface area (Å²) in [6, 6.07) is 4.60. The minimum atomic E-state index is -3.01. The molecule has 10 heteroatoms. The second-order valence-electron chi connectivity index (χ2n) is 5.50. The second kappa shape index (κ2) is 12.3. The number of ether oxygens (including phenoxy) is 2. The van der Waals surface area contributed by atoms with Crippen LogP contribution in [0.15, 0.2) is 23.2 Å². The Bertz CT molecular complexity index is 686. The summed E-state index contributed by atoms with van der Waals surface area (Å²) >= 11 is 0. The van der Waals surface area contributed by atoms with E-state index in [1.54, 1.807) is 19.2 Å². The molecule has 26 heavy (non-hydrogen) atoms. The third-order valence-corrected chi connectivity index (χ3v) is 4.30. The minimum Gasteiger partial charge on any atom is -0.494 e. The number of hydrogen-bond donors (Lipinski definition) is 2. The van der Waals surface area contributed by atoms with Crippen molar-refractivity contribution in [3.63, 3.8) is 0 Å². The standard InChI is InChI=1S/C16H26FN3O4S.HI/c1-12(13-5-6-15(23-3)14(17)11-13)20-16(18-2)19-7-8-24-9-10-25(4,21)22;/h5-6,11-12H,7-10H2,1-4H3,(H2,18,19,20);1H. The van der Waals surface area contributed by atoms with Crippen molar-refractivity contribution in [1.29, 1.82) is 0 Å². The molecule has 1 rings (SSSR count). The fourth-order valence-electron chi connectivity index (χ4n) is 1.99. The Hall–Kier alpha value is -1.14. The maximum atomic E-state index is 13.8. The summed E-state index contributed by atoms with van der Waals surface area (Å²) in [7, 11) is 0.0378. The average Bonchev–Trinajstić information content (AvgIpc) is 2.55. The van der Waals surface area contributed by atoms with Crippen LogP contribution in [0.2, 0.25) is 0 Å². The van der Waals surface area contributed by atoms with Gasteiger partial charge < -0.3 is 20.1 Å². The van der Waals surface area contributed by atoms with E-state index in [0.717, 1.165) is 5.56 Å². The molecule has 7 nitrogen and oxygen atoms in total. The predicted molar refractivity (Wildman–Crippen MR) is 112 cm³/mol. The fraction of sp³-hybridized carbons (Fsp3) is 0.562. The van der Waals surface area contributed by atoms with E-state index in [1.807, 2.05) is 6.92 Å². The van der Waals surface area contributed by atoms with Crippen molar-refractivity contribution in [1.82, 2.24) is 10.6 Å². The first-order chi connectivity index (χ1) is 11.8. The van der Waals surface area contributed by atoms with Crippen LogP contribution in [0.4, 0.5) is 4.39 Å². The Labute approximate surface area is 171 Å². The van der Waals surface area contributed by atoms with Gasteiger partial charge in [0.05, 0.1) is 32.1 Å². The Morgan fingerprint density at radius 3 is 2.58 bits per heavy atom. The van der Waals surface area contributed by atoms with E-state index in [2.05, 4.69) is 15.6 Å². The van der Waals surface area contributed by atoms with E-state index in [1.165, 1.54) is 19.4 Å². The lowest BCUT2D eigenvalue weighted by atomic mass is 10.1. The van der Waals surface area contributed by atoms with Crippen LogP contribution in [-0.2, 0) is 14.6 Å². The molecule has 1 aromatic rings. The SMILES string of the molecule is CN=C(NCCOCCS(C)(=O)=O)NC(C)c1ccc(OC)c(F)c1.I. The van der Waals surface area contributed by atoms with E-state index in [9.17, 15) is 12.8 Å². The van der Waals surface area contributed by atoms with Gasteiger partial charge in [0.1, 0.15) is 9.84 Å².